The number of nitrogen functional groups attached to an aromatic ring is 1. The Morgan fingerprint density at radius 1 is 1.28 bits per heavy atom. The van der Waals surface area contributed by atoms with Gasteiger partial charge in [-0.25, -0.2) is 0 Å². The van der Waals surface area contributed by atoms with E-state index in [-0.39, 0.29) is 5.56 Å². The molecule has 92 valence electrons. The van der Waals surface area contributed by atoms with Crippen molar-refractivity contribution < 1.29 is 4.79 Å². The number of amides is 1. The molecule has 18 heavy (non-hydrogen) atoms. The van der Waals surface area contributed by atoms with Crippen LogP contribution in [0.25, 0.3) is 0 Å². The number of benzene rings is 1. The van der Waals surface area contributed by atoms with E-state index >= 15 is 0 Å². The largest absolute Gasteiger partial charge is 0.399 e. The number of rotatable bonds is 2. The van der Waals surface area contributed by atoms with Crippen molar-refractivity contribution in [2.24, 2.45) is 0 Å². The van der Waals surface area contributed by atoms with Crippen LogP contribution in [-0.4, -0.2) is 10.9 Å². The van der Waals surface area contributed by atoms with Crippen LogP contribution in [0.3, 0.4) is 0 Å². The fraction of sp³-hybridized carbons (Fsp3) is 0.0769. The fourth-order valence-electron chi connectivity index (χ4n) is 1.57. The number of hydrogen-bond donors (Lipinski definition) is 3. The van der Waals surface area contributed by atoms with Crippen LogP contribution < -0.4 is 16.6 Å². The van der Waals surface area contributed by atoms with E-state index in [0.29, 0.717) is 17.1 Å². The Bertz CT molecular complexity index is 647. The highest BCUT2D eigenvalue weighted by Crippen LogP contribution is 2.12. The van der Waals surface area contributed by atoms with Crippen LogP contribution in [-0.2, 0) is 0 Å². The summed E-state index contributed by atoms with van der Waals surface area (Å²) in [7, 11) is 0. The lowest BCUT2D eigenvalue weighted by molar-refractivity contribution is 0.102. The minimum absolute atomic E-state index is 0.0722. The number of pyridine rings is 1. The zero-order valence-electron chi connectivity index (χ0n) is 9.86. The maximum absolute atomic E-state index is 11.9. The van der Waals surface area contributed by atoms with Gasteiger partial charge in [0.05, 0.1) is 0 Å². The van der Waals surface area contributed by atoms with Gasteiger partial charge in [0.25, 0.3) is 11.5 Å². The summed E-state index contributed by atoms with van der Waals surface area (Å²) in [5.41, 5.74) is 7.08. The highest BCUT2D eigenvalue weighted by atomic mass is 16.2. The number of carbonyl (C=O) groups excluding carboxylic acids is 1. The molecule has 0 aliphatic carbocycles. The Labute approximate surface area is 104 Å². The van der Waals surface area contributed by atoms with Gasteiger partial charge in [-0.05, 0) is 37.3 Å². The molecular weight excluding hydrogens is 230 g/mol. The number of aromatic amines is 1. The number of carbonyl (C=O) groups is 1. The Morgan fingerprint density at radius 2 is 2.06 bits per heavy atom. The first-order chi connectivity index (χ1) is 8.56. The second-order valence-electron chi connectivity index (χ2n) is 3.96. The van der Waals surface area contributed by atoms with Crippen molar-refractivity contribution in [3.05, 3.63) is 58.0 Å². The van der Waals surface area contributed by atoms with Gasteiger partial charge in [-0.1, -0.05) is 6.07 Å². The molecule has 1 aromatic carbocycles. The van der Waals surface area contributed by atoms with E-state index in [0.717, 1.165) is 0 Å². The summed E-state index contributed by atoms with van der Waals surface area (Å²) in [6, 6.07) is 9.95. The molecule has 0 bridgehead atoms. The third kappa shape index (κ3) is 2.57. The van der Waals surface area contributed by atoms with E-state index in [1.54, 1.807) is 37.3 Å². The third-order valence-electron chi connectivity index (χ3n) is 2.44. The van der Waals surface area contributed by atoms with Crippen molar-refractivity contribution in [3.63, 3.8) is 0 Å². The topological polar surface area (TPSA) is 88.0 Å². The van der Waals surface area contributed by atoms with Gasteiger partial charge in [0.1, 0.15) is 5.56 Å². The van der Waals surface area contributed by atoms with Crippen LogP contribution in [0.15, 0.2) is 41.2 Å². The molecule has 0 spiro atoms. The van der Waals surface area contributed by atoms with Crippen LogP contribution in [0.4, 0.5) is 11.4 Å². The molecule has 0 fully saturated rings. The first-order valence-corrected chi connectivity index (χ1v) is 5.43. The summed E-state index contributed by atoms with van der Waals surface area (Å²) in [5, 5.41) is 2.62. The predicted molar refractivity (Wildman–Crippen MR) is 70.6 cm³/mol. The first kappa shape index (κ1) is 11.9. The van der Waals surface area contributed by atoms with Gasteiger partial charge in [-0.15, -0.1) is 0 Å². The second-order valence-corrected chi connectivity index (χ2v) is 3.96. The quantitative estimate of drug-likeness (QED) is 0.699. The number of nitrogens with two attached hydrogens (primary N) is 1. The molecule has 0 aliphatic rings. The highest BCUT2D eigenvalue weighted by Gasteiger charge is 2.10. The van der Waals surface area contributed by atoms with Gasteiger partial charge in [-0.3, -0.25) is 9.59 Å². The van der Waals surface area contributed by atoms with Crippen LogP contribution in [0.5, 0.6) is 0 Å². The van der Waals surface area contributed by atoms with Crippen molar-refractivity contribution in [3.8, 4) is 0 Å². The highest BCUT2D eigenvalue weighted by molar-refractivity contribution is 6.04. The standard InChI is InChI=1S/C13H13N3O2/c1-8-5-6-11(12(17)15-8)13(18)16-10-4-2-3-9(14)7-10/h2-7H,14H2,1H3,(H,15,17)(H,16,18). The summed E-state index contributed by atoms with van der Waals surface area (Å²) >= 11 is 0. The lowest BCUT2D eigenvalue weighted by Crippen LogP contribution is -2.23. The van der Waals surface area contributed by atoms with E-state index in [1.807, 2.05) is 0 Å². The second kappa shape index (κ2) is 4.75. The molecule has 1 amide bonds. The lowest BCUT2D eigenvalue weighted by atomic mass is 10.2. The van der Waals surface area contributed by atoms with E-state index in [4.69, 9.17) is 5.73 Å². The number of aryl methyl sites for hydroxylation is 1. The average Bonchev–Trinajstić information content (AvgIpc) is 2.28. The average molecular weight is 243 g/mol. The molecule has 4 N–H and O–H groups in total. The van der Waals surface area contributed by atoms with Gasteiger partial charge in [0.15, 0.2) is 0 Å². The monoisotopic (exact) mass is 243 g/mol. The molecule has 5 heteroatoms. The van der Waals surface area contributed by atoms with Crippen LogP contribution in [0, 0.1) is 6.92 Å². The normalized spacial score (nSPS) is 10.1. The van der Waals surface area contributed by atoms with Crippen LogP contribution in [0.2, 0.25) is 0 Å². The number of nitrogens with one attached hydrogen (secondary N) is 2. The van der Waals surface area contributed by atoms with Gasteiger partial charge in [-0.2, -0.15) is 0 Å². The number of anilines is 2. The van der Waals surface area contributed by atoms with Crippen molar-refractivity contribution in [1.82, 2.24) is 4.98 Å². The number of aromatic nitrogens is 1. The number of H-pyrrole nitrogens is 1. The fourth-order valence-corrected chi connectivity index (χ4v) is 1.57. The van der Waals surface area contributed by atoms with Gasteiger partial charge in [0, 0.05) is 17.1 Å². The SMILES string of the molecule is Cc1ccc(C(=O)Nc2cccc(N)c2)c(=O)[nH]1. The van der Waals surface area contributed by atoms with E-state index < -0.39 is 11.5 Å². The van der Waals surface area contributed by atoms with Crippen molar-refractivity contribution >= 4 is 17.3 Å². The molecule has 0 atom stereocenters. The van der Waals surface area contributed by atoms with Crippen LogP contribution in [0.1, 0.15) is 16.1 Å². The summed E-state index contributed by atoms with van der Waals surface area (Å²) in [4.78, 5) is 26.1. The smallest absolute Gasteiger partial charge is 0.261 e. The molecule has 0 radical (unpaired) electrons. The summed E-state index contributed by atoms with van der Waals surface area (Å²) in [6.45, 7) is 1.75. The molecule has 1 heterocycles. The summed E-state index contributed by atoms with van der Waals surface area (Å²) in [5.74, 6) is -0.457. The Balaban J connectivity index is 2.25. The summed E-state index contributed by atoms with van der Waals surface area (Å²) in [6.07, 6.45) is 0. The zero-order valence-corrected chi connectivity index (χ0v) is 9.86. The molecule has 0 saturated carbocycles. The molecule has 0 unspecified atom stereocenters. The molecule has 2 rings (SSSR count). The molecular formula is C13H13N3O2. The molecule has 5 nitrogen and oxygen atoms in total. The van der Waals surface area contributed by atoms with Crippen LogP contribution >= 0.6 is 0 Å². The Kier molecular flexibility index (Phi) is 3.14. The van der Waals surface area contributed by atoms with Crippen molar-refractivity contribution in [2.45, 2.75) is 6.92 Å². The molecule has 0 aliphatic heterocycles. The van der Waals surface area contributed by atoms with E-state index in [2.05, 4.69) is 10.3 Å². The maximum atomic E-state index is 11.9. The Hall–Kier alpha value is -2.56. The Morgan fingerprint density at radius 3 is 2.72 bits per heavy atom. The van der Waals surface area contributed by atoms with Gasteiger partial charge in [0.2, 0.25) is 0 Å². The molecule has 1 aromatic heterocycles. The van der Waals surface area contributed by atoms with E-state index in [9.17, 15) is 9.59 Å². The van der Waals surface area contributed by atoms with Gasteiger partial charge < -0.3 is 16.0 Å². The zero-order chi connectivity index (χ0) is 13.1. The molecule has 2 aromatic rings. The van der Waals surface area contributed by atoms with Gasteiger partial charge >= 0.3 is 0 Å². The molecule has 0 saturated heterocycles. The minimum atomic E-state index is -0.457. The lowest BCUT2D eigenvalue weighted by Gasteiger charge is -2.05. The maximum Gasteiger partial charge on any atom is 0.261 e. The third-order valence-corrected chi connectivity index (χ3v) is 2.44. The number of hydrogen-bond acceptors (Lipinski definition) is 3. The van der Waals surface area contributed by atoms with Crippen molar-refractivity contribution in [1.29, 1.82) is 0 Å². The van der Waals surface area contributed by atoms with Crippen molar-refractivity contribution in [2.75, 3.05) is 11.1 Å². The van der Waals surface area contributed by atoms with E-state index in [1.165, 1.54) is 6.07 Å². The summed E-state index contributed by atoms with van der Waals surface area (Å²) < 4.78 is 0. The minimum Gasteiger partial charge on any atom is -0.399 e. The first-order valence-electron chi connectivity index (χ1n) is 5.43. The predicted octanol–water partition coefficient (Wildman–Crippen LogP) is 1.52.